The van der Waals surface area contributed by atoms with Gasteiger partial charge in [0.25, 0.3) is 0 Å². The van der Waals surface area contributed by atoms with E-state index in [0.717, 1.165) is 32.4 Å². The fourth-order valence-electron chi connectivity index (χ4n) is 2.95. The molecule has 1 amide bonds. The smallest absolute Gasteiger partial charge is 0.306 e. The Morgan fingerprint density at radius 2 is 1.90 bits per heavy atom. The largest absolute Gasteiger partial charge is 0.481 e. The van der Waals surface area contributed by atoms with Gasteiger partial charge in [-0.1, -0.05) is 27.2 Å². The van der Waals surface area contributed by atoms with Gasteiger partial charge in [-0.15, -0.1) is 0 Å². The average Bonchev–Trinajstić information content (AvgIpc) is 2.88. The average molecular weight is 298 g/mol. The van der Waals surface area contributed by atoms with Gasteiger partial charge in [0, 0.05) is 12.6 Å². The van der Waals surface area contributed by atoms with Crippen molar-refractivity contribution in [3.05, 3.63) is 0 Å². The van der Waals surface area contributed by atoms with E-state index in [1.807, 2.05) is 6.92 Å². The van der Waals surface area contributed by atoms with Gasteiger partial charge in [0.05, 0.1) is 11.3 Å². The summed E-state index contributed by atoms with van der Waals surface area (Å²) in [6.45, 7) is 9.58. The molecular formula is C16H30N2O3. The molecule has 0 radical (unpaired) electrons. The zero-order valence-electron chi connectivity index (χ0n) is 13.7. The summed E-state index contributed by atoms with van der Waals surface area (Å²) in [7, 11) is 0. The molecule has 122 valence electrons. The standard InChI is InChI=1S/C16H30N2O3/c1-11(2)16(8-9-17-10-16)15(21)18-13(4)7-5-6-12(3)14(19)20/h11-13,17H,5-10H2,1-4H3,(H,18,21)(H,19,20). The Bertz CT molecular complexity index is 363. The van der Waals surface area contributed by atoms with Crippen molar-refractivity contribution in [2.24, 2.45) is 17.3 Å². The van der Waals surface area contributed by atoms with Crippen molar-refractivity contribution in [3.63, 3.8) is 0 Å². The van der Waals surface area contributed by atoms with E-state index in [0.29, 0.717) is 12.3 Å². The molecule has 3 N–H and O–H groups in total. The van der Waals surface area contributed by atoms with Crippen LogP contribution in [0.3, 0.4) is 0 Å². The molecule has 21 heavy (non-hydrogen) atoms. The van der Waals surface area contributed by atoms with E-state index in [4.69, 9.17) is 5.11 Å². The summed E-state index contributed by atoms with van der Waals surface area (Å²) in [6, 6.07) is 0.0923. The van der Waals surface area contributed by atoms with Gasteiger partial charge in [0.2, 0.25) is 5.91 Å². The van der Waals surface area contributed by atoms with Gasteiger partial charge in [-0.05, 0) is 38.6 Å². The maximum atomic E-state index is 12.6. The van der Waals surface area contributed by atoms with Crippen LogP contribution in [0.4, 0.5) is 0 Å². The normalized spacial score (nSPS) is 24.8. The van der Waals surface area contributed by atoms with Crippen molar-refractivity contribution < 1.29 is 14.7 Å². The van der Waals surface area contributed by atoms with Crippen LogP contribution >= 0.6 is 0 Å². The molecule has 1 heterocycles. The summed E-state index contributed by atoms with van der Waals surface area (Å²) in [4.78, 5) is 23.3. The lowest BCUT2D eigenvalue weighted by molar-refractivity contribution is -0.141. The quantitative estimate of drug-likeness (QED) is 0.640. The molecular weight excluding hydrogens is 268 g/mol. The Hall–Kier alpha value is -1.10. The number of hydrogen-bond donors (Lipinski definition) is 3. The van der Waals surface area contributed by atoms with E-state index in [1.54, 1.807) is 6.92 Å². The molecule has 1 aliphatic rings. The third kappa shape index (κ3) is 4.70. The first kappa shape index (κ1) is 18.0. The molecule has 5 nitrogen and oxygen atoms in total. The summed E-state index contributed by atoms with van der Waals surface area (Å²) in [5.74, 6) is -0.607. The van der Waals surface area contributed by atoms with Crippen molar-refractivity contribution in [2.45, 2.75) is 59.4 Å². The monoisotopic (exact) mass is 298 g/mol. The Labute approximate surface area is 127 Å². The zero-order valence-corrected chi connectivity index (χ0v) is 13.7. The Balaban J connectivity index is 2.41. The molecule has 0 aromatic heterocycles. The van der Waals surface area contributed by atoms with E-state index in [9.17, 15) is 9.59 Å². The fourth-order valence-corrected chi connectivity index (χ4v) is 2.95. The fraction of sp³-hybridized carbons (Fsp3) is 0.875. The molecule has 0 aromatic carbocycles. The number of carboxylic acids is 1. The van der Waals surface area contributed by atoms with Crippen LogP contribution in [0.2, 0.25) is 0 Å². The van der Waals surface area contributed by atoms with Crippen LogP contribution in [0.25, 0.3) is 0 Å². The molecule has 3 unspecified atom stereocenters. The highest BCUT2D eigenvalue weighted by Gasteiger charge is 2.44. The molecule has 0 aromatic rings. The first-order chi connectivity index (χ1) is 9.79. The summed E-state index contributed by atoms with van der Waals surface area (Å²) in [5, 5.41) is 15.3. The molecule has 5 heteroatoms. The number of rotatable bonds is 8. The van der Waals surface area contributed by atoms with Gasteiger partial charge in [0.15, 0.2) is 0 Å². The molecule has 1 aliphatic heterocycles. The number of amides is 1. The molecule has 1 fully saturated rings. The lowest BCUT2D eigenvalue weighted by atomic mass is 9.75. The van der Waals surface area contributed by atoms with Gasteiger partial charge in [-0.2, -0.15) is 0 Å². The number of nitrogens with one attached hydrogen (secondary N) is 2. The number of carbonyl (C=O) groups is 2. The number of hydrogen-bond acceptors (Lipinski definition) is 3. The lowest BCUT2D eigenvalue weighted by Crippen LogP contribution is -2.48. The Morgan fingerprint density at radius 3 is 2.38 bits per heavy atom. The Kier molecular flexibility index (Phi) is 6.65. The van der Waals surface area contributed by atoms with Crippen LogP contribution in [0.5, 0.6) is 0 Å². The van der Waals surface area contributed by atoms with Gasteiger partial charge in [-0.25, -0.2) is 0 Å². The molecule has 0 aliphatic carbocycles. The topological polar surface area (TPSA) is 78.4 Å². The second-order valence-corrected chi connectivity index (χ2v) is 6.78. The highest BCUT2D eigenvalue weighted by atomic mass is 16.4. The molecule has 1 saturated heterocycles. The van der Waals surface area contributed by atoms with Crippen molar-refractivity contribution in [3.8, 4) is 0 Å². The zero-order chi connectivity index (χ0) is 16.0. The van der Waals surface area contributed by atoms with Crippen LogP contribution < -0.4 is 10.6 Å². The highest BCUT2D eigenvalue weighted by molar-refractivity contribution is 5.83. The molecule has 0 saturated carbocycles. The predicted octanol–water partition coefficient (Wildman–Crippen LogP) is 2.02. The lowest BCUT2D eigenvalue weighted by Gasteiger charge is -2.32. The van der Waals surface area contributed by atoms with E-state index in [1.165, 1.54) is 0 Å². The molecule has 1 rings (SSSR count). The van der Waals surface area contributed by atoms with Crippen LogP contribution in [-0.4, -0.2) is 36.1 Å². The molecule has 0 bridgehead atoms. The summed E-state index contributed by atoms with van der Waals surface area (Å²) >= 11 is 0. The van der Waals surface area contributed by atoms with E-state index < -0.39 is 5.97 Å². The third-order valence-corrected chi connectivity index (χ3v) is 4.82. The second kappa shape index (κ2) is 7.78. The predicted molar refractivity (Wildman–Crippen MR) is 83.0 cm³/mol. The minimum Gasteiger partial charge on any atom is -0.481 e. The van der Waals surface area contributed by atoms with E-state index in [2.05, 4.69) is 24.5 Å². The van der Waals surface area contributed by atoms with Crippen molar-refractivity contribution in [1.29, 1.82) is 0 Å². The van der Waals surface area contributed by atoms with E-state index in [-0.39, 0.29) is 23.3 Å². The maximum absolute atomic E-state index is 12.6. The van der Waals surface area contributed by atoms with Crippen LogP contribution in [-0.2, 0) is 9.59 Å². The van der Waals surface area contributed by atoms with Gasteiger partial charge in [0.1, 0.15) is 0 Å². The molecule has 3 atom stereocenters. The van der Waals surface area contributed by atoms with Crippen molar-refractivity contribution >= 4 is 11.9 Å². The van der Waals surface area contributed by atoms with Gasteiger partial charge >= 0.3 is 5.97 Å². The van der Waals surface area contributed by atoms with Crippen molar-refractivity contribution in [1.82, 2.24) is 10.6 Å². The number of aliphatic carboxylic acids is 1. The first-order valence-corrected chi connectivity index (χ1v) is 8.04. The minimum atomic E-state index is -0.748. The van der Waals surface area contributed by atoms with Gasteiger partial charge < -0.3 is 15.7 Å². The molecule has 0 spiro atoms. The highest BCUT2D eigenvalue weighted by Crippen LogP contribution is 2.34. The first-order valence-electron chi connectivity index (χ1n) is 8.04. The maximum Gasteiger partial charge on any atom is 0.306 e. The van der Waals surface area contributed by atoms with Crippen LogP contribution in [0.1, 0.15) is 53.4 Å². The number of carboxylic acid groups (broad SMARTS) is 1. The summed E-state index contributed by atoms with van der Waals surface area (Å²) < 4.78 is 0. The third-order valence-electron chi connectivity index (χ3n) is 4.82. The van der Waals surface area contributed by atoms with Crippen LogP contribution in [0.15, 0.2) is 0 Å². The minimum absolute atomic E-state index is 0.0923. The number of carbonyl (C=O) groups excluding carboxylic acids is 1. The summed E-state index contributed by atoms with van der Waals surface area (Å²) in [6.07, 6.45) is 3.19. The second-order valence-electron chi connectivity index (χ2n) is 6.78. The Morgan fingerprint density at radius 1 is 1.24 bits per heavy atom. The van der Waals surface area contributed by atoms with Crippen LogP contribution in [0, 0.1) is 17.3 Å². The van der Waals surface area contributed by atoms with Gasteiger partial charge in [-0.3, -0.25) is 9.59 Å². The van der Waals surface area contributed by atoms with Crippen molar-refractivity contribution in [2.75, 3.05) is 13.1 Å². The SMILES string of the molecule is CC(CCCC(C)C(=O)O)NC(=O)C1(C(C)C)CCNC1. The van der Waals surface area contributed by atoms with E-state index >= 15 is 0 Å². The summed E-state index contributed by atoms with van der Waals surface area (Å²) in [5.41, 5.74) is -0.289.